The average Bonchev–Trinajstić information content (AvgIpc) is 2.92. The molecule has 0 heterocycles. The van der Waals surface area contributed by atoms with Crippen LogP contribution >= 0.6 is 0 Å². The molecule has 0 radical (unpaired) electrons. The van der Waals surface area contributed by atoms with Crippen molar-refractivity contribution in [2.45, 2.75) is 52.0 Å². The third-order valence-corrected chi connectivity index (χ3v) is 4.12. The number of anilines is 1. The largest absolute Gasteiger partial charge is 0.368 e. The van der Waals surface area contributed by atoms with Crippen LogP contribution in [0.1, 0.15) is 46.0 Å². The van der Waals surface area contributed by atoms with E-state index in [0.29, 0.717) is 17.6 Å². The summed E-state index contributed by atoms with van der Waals surface area (Å²) in [5, 5.41) is 10.9. The predicted molar refractivity (Wildman–Crippen MR) is 82.1 cm³/mol. The summed E-state index contributed by atoms with van der Waals surface area (Å²) in [6.07, 6.45) is 5.53. The van der Waals surface area contributed by atoms with Crippen LogP contribution < -0.4 is 4.90 Å². The predicted octanol–water partition coefficient (Wildman–Crippen LogP) is 4.53. The highest BCUT2D eigenvalue weighted by Gasteiger charge is 2.24. The Balaban J connectivity index is 2.28. The first kappa shape index (κ1) is 15.7. The standard InChI is InChI=1S/C16H23FN2O2/c1-12(2)7-8-18(14-5-3-4-6-14)15-9-13(17)10-16(11-15)19(20)21/h9-12,14H,3-8H2,1-2H3. The van der Waals surface area contributed by atoms with Crippen molar-refractivity contribution in [3.8, 4) is 0 Å². The summed E-state index contributed by atoms with van der Waals surface area (Å²) in [6, 6.07) is 4.29. The van der Waals surface area contributed by atoms with Crippen LogP contribution in [-0.4, -0.2) is 17.5 Å². The lowest BCUT2D eigenvalue weighted by atomic mass is 10.1. The number of nitrogens with zero attached hydrogens (tertiary/aromatic N) is 2. The maximum absolute atomic E-state index is 13.7. The first-order chi connectivity index (χ1) is 9.97. The second kappa shape index (κ2) is 6.87. The Hall–Kier alpha value is -1.65. The summed E-state index contributed by atoms with van der Waals surface area (Å²) in [4.78, 5) is 12.6. The third-order valence-electron chi connectivity index (χ3n) is 4.12. The maximum Gasteiger partial charge on any atom is 0.274 e. The molecule has 0 saturated heterocycles. The van der Waals surface area contributed by atoms with Crippen molar-refractivity contribution in [1.29, 1.82) is 0 Å². The molecule has 0 bridgehead atoms. The number of hydrogen-bond donors (Lipinski definition) is 0. The van der Waals surface area contributed by atoms with Gasteiger partial charge in [0.15, 0.2) is 0 Å². The third kappa shape index (κ3) is 4.16. The molecule has 0 aromatic heterocycles. The highest BCUT2D eigenvalue weighted by atomic mass is 19.1. The molecule has 0 spiro atoms. The van der Waals surface area contributed by atoms with Crippen molar-refractivity contribution in [1.82, 2.24) is 0 Å². The smallest absolute Gasteiger partial charge is 0.274 e. The second-order valence-corrected chi connectivity index (χ2v) is 6.24. The summed E-state index contributed by atoms with van der Waals surface area (Å²) in [5.74, 6) is 0.0178. The molecule has 1 aliphatic rings. The summed E-state index contributed by atoms with van der Waals surface area (Å²) in [5.41, 5.74) is 0.479. The Kier molecular flexibility index (Phi) is 5.15. The van der Waals surface area contributed by atoms with Gasteiger partial charge in [0.1, 0.15) is 5.82 Å². The summed E-state index contributed by atoms with van der Waals surface area (Å²) in [6.45, 7) is 5.13. The summed E-state index contributed by atoms with van der Waals surface area (Å²) < 4.78 is 13.7. The van der Waals surface area contributed by atoms with Crippen LogP contribution in [0.25, 0.3) is 0 Å². The molecule has 4 nitrogen and oxygen atoms in total. The van der Waals surface area contributed by atoms with Gasteiger partial charge in [0.25, 0.3) is 5.69 Å². The molecule has 2 rings (SSSR count). The van der Waals surface area contributed by atoms with Crippen molar-refractivity contribution in [3.63, 3.8) is 0 Å². The molecule has 21 heavy (non-hydrogen) atoms. The number of hydrogen-bond acceptors (Lipinski definition) is 3. The quantitative estimate of drug-likeness (QED) is 0.572. The van der Waals surface area contributed by atoms with Gasteiger partial charge in [-0.15, -0.1) is 0 Å². The van der Waals surface area contributed by atoms with E-state index < -0.39 is 10.7 Å². The van der Waals surface area contributed by atoms with E-state index in [4.69, 9.17) is 0 Å². The average molecular weight is 294 g/mol. The molecule has 116 valence electrons. The molecular formula is C16H23FN2O2. The topological polar surface area (TPSA) is 46.4 Å². The van der Waals surface area contributed by atoms with E-state index in [1.165, 1.54) is 25.0 Å². The van der Waals surface area contributed by atoms with Gasteiger partial charge in [-0.2, -0.15) is 0 Å². The molecule has 1 saturated carbocycles. The monoisotopic (exact) mass is 294 g/mol. The van der Waals surface area contributed by atoms with Gasteiger partial charge in [0, 0.05) is 24.3 Å². The first-order valence-electron chi connectivity index (χ1n) is 7.69. The number of benzene rings is 1. The fraction of sp³-hybridized carbons (Fsp3) is 0.625. The van der Waals surface area contributed by atoms with Gasteiger partial charge in [-0.25, -0.2) is 4.39 Å². The molecule has 0 amide bonds. The zero-order valence-corrected chi connectivity index (χ0v) is 12.7. The van der Waals surface area contributed by atoms with E-state index in [1.54, 1.807) is 0 Å². The van der Waals surface area contributed by atoms with E-state index in [1.807, 2.05) is 0 Å². The van der Waals surface area contributed by atoms with Gasteiger partial charge in [-0.1, -0.05) is 26.7 Å². The fourth-order valence-corrected chi connectivity index (χ4v) is 2.97. The summed E-state index contributed by atoms with van der Waals surface area (Å²) >= 11 is 0. The molecule has 1 aromatic rings. The fourth-order valence-electron chi connectivity index (χ4n) is 2.97. The summed E-state index contributed by atoms with van der Waals surface area (Å²) in [7, 11) is 0. The Labute approximate surface area is 125 Å². The van der Waals surface area contributed by atoms with Crippen molar-refractivity contribution in [3.05, 3.63) is 34.1 Å². The minimum absolute atomic E-state index is 0.169. The molecule has 0 unspecified atom stereocenters. The highest BCUT2D eigenvalue weighted by molar-refractivity contribution is 5.54. The molecule has 5 heteroatoms. The van der Waals surface area contributed by atoms with E-state index in [0.717, 1.165) is 31.9 Å². The first-order valence-corrected chi connectivity index (χ1v) is 7.69. The Morgan fingerprint density at radius 1 is 1.33 bits per heavy atom. The number of rotatable bonds is 6. The number of non-ortho nitro benzene ring substituents is 1. The van der Waals surface area contributed by atoms with Crippen LogP contribution in [0.2, 0.25) is 0 Å². The lowest BCUT2D eigenvalue weighted by Crippen LogP contribution is -2.34. The van der Waals surface area contributed by atoms with Crippen molar-refractivity contribution in [2.75, 3.05) is 11.4 Å². The molecule has 1 aromatic carbocycles. The minimum atomic E-state index is -0.535. The second-order valence-electron chi connectivity index (χ2n) is 6.24. The van der Waals surface area contributed by atoms with Gasteiger partial charge in [0.2, 0.25) is 0 Å². The zero-order chi connectivity index (χ0) is 15.4. The molecule has 0 aliphatic heterocycles. The zero-order valence-electron chi connectivity index (χ0n) is 12.7. The lowest BCUT2D eigenvalue weighted by Gasteiger charge is -2.31. The van der Waals surface area contributed by atoms with E-state index in [-0.39, 0.29) is 5.69 Å². The van der Waals surface area contributed by atoms with Crippen molar-refractivity contribution in [2.24, 2.45) is 5.92 Å². The van der Waals surface area contributed by atoms with E-state index >= 15 is 0 Å². The van der Waals surface area contributed by atoms with Crippen LogP contribution in [0.3, 0.4) is 0 Å². The molecule has 0 N–H and O–H groups in total. The van der Waals surface area contributed by atoms with Gasteiger partial charge in [-0.3, -0.25) is 10.1 Å². The lowest BCUT2D eigenvalue weighted by molar-refractivity contribution is -0.385. The molecular weight excluding hydrogens is 271 g/mol. The Bertz CT molecular complexity index is 499. The van der Waals surface area contributed by atoms with Gasteiger partial charge < -0.3 is 4.90 Å². The van der Waals surface area contributed by atoms with Crippen LogP contribution in [0.5, 0.6) is 0 Å². The van der Waals surface area contributed by atoms with Crippen molar-refractivity contribution < 1.29 is 9.31 Å². The van der Waals surface area contributed by atoms with Crippen LogP contribution in [0.15, 0.2) is 18.2 Å². The minimum Gasteiger partial charge on any atom is -0.368 e. The Morgan fingerprint density at radius 2 is 2.00 bits per heavy atom. The van der Waals surface area contributed by atoms with Gasteiger partial charge in [0.05, 0.1) is 11.0 Å². The molecule has 0 atom stereocenters. The van der Waals surface area contributed by atoms with Gasteiger partial charge in [-0.05, 0) is 31.2 Å². The number of nitro benzene ring substituents is 1. The highest BCUT2D eigenvalue weighted by Crippen LogP contribution is 2.31. The van der Waals surface area contributed by atoms with Crippen LogP contribution in [0.4, 0.5) is 15.8 Å². The van der Waals surface area contributed by atoms with Crippen LogP contribution in [-0.2, 0) is 0 Å². The Morgan fingerprint density at radius 3 is 2.57 bits per heavy atom. The maximum atomic E-state index is 13.7. The molecule has 1 aliphatic carbocycles. The SMILES string of the molecule is CC(C)CCN(c1cc(F)cc([N+](=O)[O-])c1)C1CCCC1. The van der Waals surface area contributed by atoms with Crippen LogP contribution in [0, 0.1) is 21.8 Å². The number of nitro groups is 1. The van der Waals surface area contributed by atoms with E-state index in [9.17, 15) is 14.5 Å². The van der Waals surface area contributed by atoms with Crippen molar-refractivity contribution >= 4 is 11.4 Å². The molecule has 1 fully saturated rings. The van der Waals surface area contributed by atoms with Gasteiger partial charge >= 0.3 is 0 Å². The van der Waals surface area contributed by atoms with E-state index in [2.05, 4.69) is 18.7 Å². The number of halogens is 1. The normalized spacial score (nSPS) is 15.6.